The molecule has 108 valence electrons. The second-order valence-electron chi connectivity index (χ2n) is 4.97. The molecule has 22 heavy (non-hydrogen) atoms. The van der Waals surface area contributed by atoms with Gasteiger partial charge in [0, 0.05) is 11.8 Å². The molecule has 4 nitrogen and oxygen atoms in total. The molecule has 2 heterocycles. The maximum atomic E-state index is 13.3. The standard InChI is InChI=1S/C17H13FN4/c1-10-7-11(18)4-5-12(10)13-8-16(15-3-2-6-21-15)22-17(20)14(13)9-19/h2-8,21H,1H3,(H2,20,22). The molecule has 0 radical (unpaired) electrons. The molecule has 0 saturated carbocycles. The third-order valence-electron chi connectivity index (χ3n) is 3.51. The summed E-state index contributed by atoms with van der Waals surface area (Å²) in [6.45, 7) is 1.80. The molecular weight excluding hydrogens is 279 g/mol. The molecule has 0 spiro atoms. The molecule has 0 aliphatic carbocycles. The van der Waals surface area contributed by atoms with Crippen molar-refractivity contribution in [1.29, 1.82) is 5.26 Å². The molecule has 0 aliphatic rings. The van der Waals surface area contributed by atoms with Gasteiger partial charge in [0.1, 0.15) is 23.3 Å². The molecule has 0 bridgehead atoms. The largest absolute Gasteiger partial charge is 0.383 e. The number of H-pyrrole nitrogens is 1. The van der Waals surface area contributed by atoms with Gasteiger partial charge >= 0.3 is 0 Å². The molecule has 2 aromatic heterocycles. The van der Waals surface area contributed by atoms with E-state index in [0.717, 1.165) is 16.8 Å². The Labute approximate surface area is 127 Å². The number of aromatic amines is 1. The normalized spacial score (nSPS) is 10.4. The van der Waals surface area contributed by atoms with E-state index in [9.17, 15) is 9.65 Å². The van der Waals surface area contributed by atoms with Crippen LogP contribution in [-0.4, -0.2) is 9.97 Å². The average molecular weight is 292 g/mol. The van der Waals surface area contributed by atoms with E-state index < -0.39 is 0 Å². The van der Waals surface area contributed by atoms with E-state index in [4.69, 9.17) is 5.73 Å². The van der Waals surface area contributed by atoms with Crippen LogP contribution in [-0.2, 0) is 0 Å². The molecule has 3 N–H and O–H groups in total. The number of hydrogen-bond donors (Lipinski definition) is 2. The van der Waals surface area contributed by atoms with Crippen molar-refractivity contribution >= 4 is 5.82 Å². The lowest BCUT2D eigenvalue weighted by Crippen LogP contribution is -2.00. The summed E-state index contributed by atoms with van der Waals surface area (Å²) >= 11 is 0. The van der Waals surface area contributed by atoms with Gasteiger partial charge in [0.2, 0.25) is 0 Å². The highest BCUT2D eigenvalue weighted by molar-refractivity contribution is 5.81. The molecule has 1 aromatic carbocycles. The molecule has 0 atom stereocenters. The van der Waals surface area contributed by atoms with Gasteiger partial charge in [-0.25, -0.2) is 9.37 Å². The van der Waals surface area contributed by atoms with Crippen molar-refractivity contribution in [2.75, 3.05) is 5.73 Å². The molecule has 0 amide bonds. The zero-order valence-corrected chi connectivity index (χ0v) is 11.9. The number of benzene rings is 1. The lowest BCUT2D eigenvalue weighted by atomic mass is 9.96. The summed E-state index contributed by atoms with van der Waals surface area (Å²) in [7, 11) is 0. The number of halogens is 1. The van der Waals surface area contributed by atoms with Crippen molar-refractivity contribution < 1.29 is 4.39 Å². The Morgan fingerprint density at radius 2 is 2.05 bits per heavy atom. The van der Waals surface area contributed by atoms with Gasteiger partial charge in [0.25, 0.3) is 0 Å². The highest BCUT2D eigenvalue weighted by Gasteiger charge is 2.15. The number of nitrogens with one attached hydrogen (secondary N) is 1. The van der Waals surface area contributed by atoms with Crippen LogP contribution in [0.1, 0.15) is 11.1 Å². The quantitative estimate of drug-likeness (QED) is 0.756. The van der Waals surface area contributed by atoms with Crippen LogP contribution in [0, 0.1) is 24.1 Å². The van der Waals surface area contributed by atoms with Crippen LogP contribution in [0.5, 0.6) is 0 Å². The molecule has 0 aliphatic heterocycles. The summed E-state index contributed by atoms with van der Waals surface area (Å²) in [5, 5.41) is 9.38. The summed E-state index contributed by atoms with van der Waals surface area (Å²) in [6, 6.07) is 12.1. The van der Waals surface area contributed by atoms with Crippen molar-refractivity contribution in [1.82, 2.24) is 9.97 Å². The zero-order valence-electron chi connectivity index (χ0n) is 11.9. The van der Waals surface area contributed by atoms with E-state index in [1.807, 2.05) is 12.1 Å². The fourth-order valence-corrected chi connectivity index (χ4v) is 2.45. The van der Waals surface area contributed by atoms with Gasteiger partial charge in [0.05, 0.1) is 11.4 Å². The van der Waals surface area contributed by atoms with Gasteiger partial charge in [-0.05, 0) is 48.4 Å². The lowest BCUT2D eigenvalue weighted by Gasteiger charge is -2.11. The van der Waals surface area contributed by atoms with Crippen molar-refractivity contribution in [2.24, 2.45) is 0 Å². The Morgan fingerprint density at radius 3 is 2.68 bits per heavy atom. The monoisotopic (exact) mass is 292 g/mol. The smallest absolute Gasteiger partial charge is 0.142 e. The number of aryl methyl sites for hydroxylation is 1. The Morgan fingerprint density at radius 1 is 1.23 bits per heavy atom. The third kappa shape index (κ3) is 2.31. The number of aromatic nitrogens is 2. The fraction of sp³-hybridized carbons (Fsp3) is 0.0588. The Kier molecular flexibility index (Phi) is 3.36. The van der Waals surface area contributed by atoms with Crippen molar-refractivity contribution in [3.63, 3.8) is 0 Å². The number of pyridine rings is 1. The minimum Gasteiger partial charge on any atom is -0.383 e. The Balaban J connectivity index is 2.27. The summed E-state index contributed by atoms with van der Waals surface area (Å²) in [5.74, 6) is -0.153. The molecule has 0 unspecified atom stereocenters. The number of anilines is 1. The predicted molar refractivity (Wildman–Crippen MR) is 83.3 cm³/mol. The van der Waals surface area contributed by atoms with Crippen LogP contribution in [0.2, 0.25) is 0 Å². The molecule has 3 rings (SSSR count). The van der Waals surface area contributed by atoms with E-state index in [-0.39, 0.29) is 11.6 Å². The van der Waals surface area contributed by atoms with Gasteiger partial charge in [-0.15, -0.1) is 0 Å². The fourth-order valence-electron chi connectivity index (χ4n) is 2.45. The van der Waals surface area contributed by atoms with Crippen molar-refractivity contribution in [3.05, 3.63) is 59.5 Å². The van der Waals surface area contributed by atoms with Crippen LogP contribution in [0.3, 0.4) is 0 Å². The minimum atomic E-state index is -0.314. The van der Waals surface area contributed by atoms with E-state index in [0.29, 0.717) is 16.8 Å². The summed E-state index contributed by atoms with van der Waals surface area (Å²) in [6.07, 6.45) is 1.79. The third-order valence-corrected chi connectivity index (χ3v) is 3.51. The molecule has 5 heteroatoms. The van der Waals surface area contributed by atoms with Gasteiger partial charge in [-0.3, -0.25) is 0 Å². The van der Waals surface area contributed by atoms with E-state index >= 15 is 0 Å². The van der Waals surface area contributed by atoms with Crippen LogP contribution in [0.4, 0.5) is 10.2 Å². The summed E-state index contributed by atoms with van der Waals surface area (Å²) < 4.78 is 13.3. The second kappa shape index (κ2) is 5.34. The van der Waals surface area contributed by atoms with Gasteiger partial charge in [-0.1, -0.05) is 6.07 Å². The van der Waals surface area contributed by atoms with Crippen LogP contribution in [0.25, 0.3) is 22.5 Å². The van der Waals surface area contributed by atoms with Crippen LogP contribution in [0.15, 0.2) is 42.6 Å². The Hall–Kier alpha value is -3.13. The number of rotatable bonds is 2. The van der Waals surface area contributed by atoms with Crippen LogP contribution < -0.4 is 5.73 Å². The number of nitrogen functional groups attached to an aromatic ring is 1. The maximum Gasteiger partial charge on any atom is 0.142 e. The Bertz CT molecular complexity index is 876. The number of nitrogens with zero attached hydrogens (tertiary/aromatic N) is 2. The first-order chi connectivity index (χ1) is 10.6. The van der Waals surface area contributed by atoms with E-state index in [2.05, 4.69) is 16.0 Å². The van der Waals surface area contributed by atoms with Gasteiger partial charge < -0.3 is 10.7 Å². The molecular formula is C17H13FN4. The first kappa shape index (κ1) is 13.8. The number of nitrogens with two attached hydrogens (primary N) is 1. The highest BCUT2D eigenvalue weighted by atomic mass is 19.1. The lowest BCUT2D eigenvalue weighted by molar-refractivity contribution is 0.627. The van der Waals surface area contributed by atoms with E-state index in [1.165, 1.54) is 12.1 Å². The highest BCUT2D eigenvalue weighted by Crippen LogP contribution is 2.32. The molecule has 0 saturated heterocycles. The SMILES string of the molecule is Cc1cc(F)ccc1-c1cc(-c2ccc[nH]2)nc(N)c1C#N. The summed E-state index contributed by atoms with van der Waals surface area (Å²) in [5.41, 5.74) is 9.82. The van der Waals surface area contributed by atoms with Gasteiger partial charge in [0.15, 0.2) is 0 Å². The first-order valence-electron chi connectivity index (χ1n) is 6.71. The second-order valence-corrected chi connectivity index (χ2v) is 4.97. The molecule has 3 aromatic rings. The first-order valence-corrected chi connectivity index (χ1v) is 6.71. The predicted octanol–water partition coefficient (Wildman–Crippen LogP) is 3.65. The van der Waals surface area contributed by atoms with Crippen LogP contribution >= 0.6 is 0 Å². The minimum absolute atomic E-state index is 0.160. The summed E-state index contributed by atoms with van der Waals surface area (Å²) in [4.78, 5) is 7.33. The number of nitriles is 1. The van der Waals surface area contributed by atoms with Crippen molar-refractivity contribution in [3.8, 4) is 28.6 Å². The zero-order chi connectivity index (χ0) is 15.7. The average Bonchev–Trinajstić information content (AvgIpc) is 3.00. The van der Waals surface area contributed by atoms with Crippen molar-refractivity contribution in [2.45, 2.75) is 6.92 Å². The van der Waals surface area contributed by atoms with Gasteiger partial charge in [-0.2, -0.15) is 5.26 Å². The molecule has 0 fully saturated rings. The number of hydrogen-bond acceptors (Lipinski definition) is 3. The van der Waals surface area contributed by atoms with E-state index in [1.54, 1.807) is 25.3 Å². The topological polar surface area (TPSA) is 78.5 Å². The maximum absolute atomic E-state index is 13.3.